The second kappa shape index (κ2) is 10.6. The highest BCUT2D eigenvalue weighted by Crippen LogP contribution is 2.62. The molecule has 0 aromatic heterocycles. The molecule has 0 saturated carbocycles. The van der Waals surface area contributed by atoms with Gasteiger partial charge >= 0.3 is 0 Å². The molecule has 4 aromatic carbocycles. The zero-order chi connectivity index (χ0) is 23.5. The summed E-state index contributed by atoms with van der Waals surface area (Å²) in [6.45, 7) is 0. The predicted molar refractivity (Wildman–Crippen MR) is 157 cm³/mol. The molecule has 0 bridgehead atoms. The molecule has 172 valence electrons. The summed E-state index contributed by atoms with van der Waals surface area (Å²) in [5, 5.41) is 0.944. The molecule has 2 atom stereocenters. The number of thioether (sulfide) groups is 3. The van der Waals surface area contributed by atoms with E-state index in [4.69, 9.17) is 0 Å². The van der Waals surface area contributed by atoms with Crippen molar-refractivity contribution in [1.82, 2.24) is 0 Å². The van der Waals surface area contributed by atoms with Gasteiger partial charge in [-0.2, -0.15) is 0 Å². The van der Waals surface area contributed by atoms with E-state index in [0.717, 1.165) is 12.8 Å². The first-order valence-corrected chi connectivity index (χ1v) is 14.6. The van der Waals surface area contributed by atoms with Crippen LogP contribution in [0.3, 0.4) is 0 Å². The summed E-state index contributed by atoms with van der Waals surface area (Å²) in [7, 11) is 0. The normalized spacial score (nSPS) is 20.3. The molecule has 0 aliphatic carbocycles. The number of rotatable bonds is 4. The molecule has 0 radical (unpaired) electrons. The van der Waals surface area contributed by atoms with Gasteiger partial charge in [-0.05, 0) is 40.7 Å². The quantitative estimate of drug-likeness (QED) is 0.270. The molecule has 1 fully saturated rings. The maximum absolute atomic E-state index is 2.30. The minimum Gasteiger partial charge on any atom is -0.145 e. The minimum absolute atomic E-state index is 0.472. The van der Waals surface area contributed by atoms with Gasteiger partial charge < -0.3 is 0 Å². The van der Waals surface area contributed by atoms with Crippen LogP contribution in [0.15, 0.2) is 131 Å². The van der Waals surface area contributed by atoms with E-state index >= 15 is 0 Å². The van der Waals surface area contributed by atoms with Crippen LogP contribution in [-0.4, -0.2) is 0 Å². The van der Waals surface area contributed by atoms with Crippen LogP contribution in [0.1, 0.15) is 45.6 Å². The van der Waals surface area contributed by atoms with Crippen LogP contribution in [0.2, 0.25) is 0 Å². The van der Waals surface area contributed by atoms with Crippen molar-refractivity contribution in [3.63, 3.8) is 0 Å². The van der Waals surface area contributed by atoms with E-state index in [-0.39, 0.29) is 0 Å². The molecule has 0 nitrogen and oxygen atoms in total. The molecule has 0 amide bonds. The van der Waals surface area contributed by atoms with Gasteiger partial charge in [0.15, 0.2) is 0 Å². The third-order valence-corrected chi connectivity index (χ3v) is 10.9. The molecule has 3 heteroatoms. The van der Waals surface area contributed by atoms with Crippen LogP contribution in [0.4, 0.5) is 0 Å². The Morgan fingerprint density at radius 1 is 0.457 bits per heavy atom. The lowest BCUT2D eigenvalue weighted by Gasteiger charge is -2.32. The van der Waals surface area contributed by atoms with Gasteiger partial charge in [0.05, 0.1) is 0 Å². The Morgan fingerprint density at radius 2 is 0.829 bits per heavy atom. The topological polar surface area (TPSA) is 0 Å². The third kappa shape index (κ3) is 5.04. The highest BCUT2D eigenvalue weighted by atomic mass is 32.2. The third-order valence-electron chi connectivity index (χ3n) is 6.49. The minimum atomic E-state index is 0.472. The molecule has 2 heterocycles. The zero-order valence-electron chi connectivity index (χ0n) is 19.3. The fraction of sp³-hybridized carbons (Fsp3) is 0.125. The van der Waals surface area contributed by atoms with Gasteiger partial charge in [0.2, 0.25) is 0 Å². The van der Waals surface area contributed by atoms with E-state index in [1.54, 1.807) is 5.57 Å². The lowest BCUT2D eigenvalue weighted by atomic mass is 9.98. The second-order valence-electron chi connectivity index (χ2n) is 8.83. The summed E-state index contributed by atoms with van der Waals surface area (Å²) in [5.74, 6) is 0. The van der Waals surface area contributed by atoms with E-state index in [0.29, 0.717) is 10.5 Å². The van der Waals surface area contributed by atoms with Crippen molar-refractivity contribution in [3.05, 3.63) is 153 Å². The summed E-state index contributed by atoms with van der Waals surface area (Å²) in [6.07, 6.45) is 2.22. The molecule has 1 saturated heterocycles. The van der Waals surface area contributed by atoms with Crippen molar-refractivity contribution in [2.45, 2.75) is 23.3 Å². The monoisotopic (exact) mass is 506 g/mol. The molecule has 35 heavy (non-hydrogen) atoms. The van der Waals surface area contributed by atoms with Crippen LogP contribution in [0.5, 0.6) is 0 Å². The van der Waals surface area contributed by atoms with Gasteiger partial charge in [0, 0.05) is 24.5 Å². The summed E-state index contributed by atoms with van der Waals surface area (Å²) in [6, 6.07) is 43.9. The summed E-state index contributed by atoms with van der Waals surface area (Å²) < 4.78 is 1.48. The van der Waals surface area contributed by atoms with E-state index in [2.05, 4.69) is 133 Å². The fourth-order valence-corrected chi connectivity index (χ4v) is 9.18. The van der Waals surface area contributed by atoms with Crippen molar-refractivity contribution < 1.29 is 0 Å². The number of benzene rings is 4. The van der Waals surface area contributed by atoms with Crippen molar-refractivity contribution in [3.8, 4) is 0 Å². The predicted octanol–water partition coefficient (Wildman–Crippen LogP) is 10.2. The first-order valence-electron chi connectivity index (χ1n) is 12.0. The Balaban J connectivity index is 1.40. The molecular weight excluding hydrogens is 481 g/mol. The Kier molecular flexibility index (Phi) is 6.90. The van der Waals surface area contributed by atoms with Crippen molar-refractivity contribution in [1.29, 1.82) is 0 Å². The van der Waals surface area contributed by atoms with E-state index in [1.165, 1.54) is 36.3 Å². The maximum Gasteiger partial charge on any atom is 0.0493 e. The molecule has 2 aliphatic heterocycles. The van der Waals surface area contributed by atoms with Gasteiger partial charge in [-0.3, -0.25) is 0 Å². The van der Waals surface area contributed by atoms with Crippen LogP contribution in [0, 0.1) is 0 Å². The highest BCUT2D eigenvalue weighted by Gasteiger charge is 2.33. The Bertz CT molecular complexity index is 1240. The molecule has 2 aliphatic rings. The average Bonchev–Trinajstić information content (AvgIpc) is 3.41. The van der Waals surface area contributed by atoms with Crippen LogP contribution in [0.25, 0.3) is 9.81 Å². The molecular formula is C32H26S3. The Labute approximate surface area is 221 Å². The second-order valence-corrected chi connectivity index (χ2v) is 12.5. The van der Waals surface area contributed by atoms with E-state index in [1.807, 2.05) is 23.5 Å². The number of hydrogen-bond acceptors (Lipinski definition) is 3. The van der Waals surface area contributed by atoms with Crippen LogP contribution < -0.4 is 0 Å². The highest BCUT2D eigenvalue weighted by molar-refractivity contribution is 8.34. The Morgan fingerprint density at radius 3 is 1.23 bits per heavy atom. The van der Waals surface area contributed by atoms with Gasteiger partial charge in [0.25, 0.3) is 0 Å². The SMILES string of the molecule is c1ccc(C2=C(c3ccccc3)SC(=C3CC(c4ccccc4)SC(c4ccccc4)C3)S2)cc1. The van der Waals surface area contributed by atoms with Crippen LogP contribution in [-0.2, 0) is 0 Å². The molecule has 4 aromatic rings. The summed E-state index contributed by atoms with van der Waals surface area (Å²) >= 11 is 6.09. The van der Waals surface area contributed by atoms with Crippen molar-refractivity contribution in [2.24, 2.45) is 0 Å². The van der Waals surface area contributed by atoms with Gasteiger partial charge in [-0.15, -0.1) is 11.8 Å². The molecule has 2 unspecified atom stereocenters. The fourth-order valence-electron chi connectivity index (χ4n) is 4.72. The maximum atomic E-state index is 2.30. The zero-order valence-corrected chi connectivity index (χ0v) is 21.8. The smallest absolute Gasteiger partial charge is 0.0493 e. The van der Waals surface area contributed by atoms with Crippen LogP contribution >= 0.6 is 35.3 Å². The van der Waals surface area contributed by atoms with Gasteiger partial charge in [-0.25, -0.2) is 0 Å². The standard InChI is InChI=1S/C32H26S3/c1-5-13-23(14-6-1)28-21-27(22-29(33-28)24-15-7-2-8-16-24)32-34-30(25-17-9-3-10-18-25)31(35-32)26-19-11-4-12-20-26/h1-20,28-29H,21-22H2. The van der Waals surface area contributed by atoms with Crippen molar-refractivity contribution >= 4 is 45.1 Å². The molecule has 0 spiro atoms. The molecule has 6 rings (SSSR count). The van der Waals surface area contributed by atoms with Gasteiger partial charge in [-0.1, -0.05) is 145 Å². The lowest BCUT2D eigenvalue weighted by Crippen LogP contribution is -2.10. The summed E-state index contributed by atoms with van der Waals surface area (Å²) in [5.41, 5.74) is 7.08. The number of allylic oxidation sites excluding steroid dienone is 1. The van der Waals surface area contributed by atoms with Gasteiger partial charge in [0.1, 0.15) is 0 Å². The first kappa shape index (κ1) is 22.8. The Hall–Kier alpha value is -2.59. The first-order chi connectivity index (χ1) is 17.3. The largest absolute Gasteiger partial charge is 0.145 e. The number of hydrogen-bond donors (Lipinski definition) is 0. The van der Waals surface area contributed by atoms with E-state index < -0.39 is 0 Å². The van der Waals surface area contributed by atoms with Crippen molar-refractivity contribution in [2.75, 3.05) is 0 Å². The summed E-state index contributed by atoms with van der Waals surface area (Å²) in [4.78, 5) is 2.77. The molecule has 0 N–H and O–H groups in total. The average molecular weight is 507 g/mol. The lowest BCUT2D eigenvalue weighted by molar-refractivity contribution is 0.769. The van der Waals surface area contributed by atoms with E-state index in [9.17, 15) is 0 Å².